The Morgan fingerprint density at radius 2 is 1.61 bits per heavy atom. The van der Waals surface area contributed by atoms with E-state index < -0.39 is 0 Å². The molecule has 4 rings (SSSR count). The zero-order valence-corrected chi connectivity index (χ0v) is 23.0. The highest BCUT2D eigenvalue weighted by molar-refractivity contribution is 5.77. The molecule has 0 fully saturated rings. The maximum Gasteiger partial charge on any atom is 0.299 e. The van der Waals surface area contributed by atoms with Crippen LogP contribution in [0, 0.1) is 11.3 Å². The number of nitriles is 1. The normalized spacial score (nSPS) is 15.4. The van der Waals surface area contributed by atoms with E-state index >= 15 is 0 Å². The first-order valence-corrected chi connectivity index (χ1v) is 14.7. The van der Waals surface area contributed by atoms with Gasteiger partial charge in [-0.05, 0) is 97.1 Å². The van der Waals surface area contributed by atoms with Gasteiger partial charge in [0.25, 0.3) is 6.47 Å². The van der Waals surface area contributed by atoms with Gasteiger partial charge in [-0.1, -0.05) is 76.1 Å². The molecule has 0 aromatic heterocycles. The Morgan fingerprint density at radius 1 is 0.895 bits per heavy atom. The average Bonchev–Trinajstić information content (AvgIpc) is 3.11. The summed E-state index contributed by atoms with van der Waals surface area (Å²) in [5, 5.41) is 9.37. The summed E-state index contributed by atoms with van der Waals surface area (Å²) in [5.41, 5.74) is 9.12. The van der Waals surface area contributed by atoms with Crippen LogP contribution in [-0.2, 0) is 22.4 Å². The molecule has 2 aliphatic rings. The number of benzene rings is 2. The van der Waals surface area contributed by atoms with Crippen LogP contribution in [0.4, 0.5) is 11.4 Å². The van der Waals surface area contributed by atoms with E-state index in [2.05, 4.69) is 54.3 Å². The van der Waals surface area contributed by atoms with Gasteiger partial charge in [0, 0.05) is 17.9 Å². The van der Waals surface area contributed by atoms with E-state index in [1.54, 1.807) is 6.08 Å². The number of rotatable bonds is 13. The molecule has 0 spiro atoms. The van der Waals surface area contributed by atoms with E-state index in [-0.39, 0.29) is 5.76 Å². The number of anilines is 2. The quantitative estimate of drug-likeness (QED) is 0.117. The average molecular weight is 511 g/mol. The first-order valence-electron chi connectivity index (χ1n) is 14.7. The number of fused-ring (bicyclic) bond motifs is 2. The third kappa shape index (κ3) is 7.16. The van der Waals surface area contributed by atoms with Crippen molar-refractivity contribution < 1.29 is 9.53 Å². The minimum Gasteiger partial charge on any atom is -0.417 e. The largest absolute Gasteiger partial charge is 0.417 e. The highest BCUT2D eigenvalue weighted by Crippen LogP contribution is 2.40. The summed E-state index contributed by atoms with van der Waals surface area (Å²) in [6.45, 7) is 3.65. The molecule has 0 amide bonds. The van der Waals surface area contributed by atoms with Crippen molar-refractivity contribution in [2.45, 2.75) is 96.8 Å². The molecule has 2 aromatic carbocycles. The van der Waals surface area contributed by atoms with Crippen LogP contribution < -0.4 is 4.90 Å². The van der Waals surface area contributed by atoms with E-state index in [4.69, 9.17) is 4.74 Å². The SMILES string of the molecule is CCCCCCCCCCN1c2ccccc2CCc2cc(C3=C(/C=C(\C#N)OC=O)CCCC3)ccc21. The number of para-hydroxylation sites is 1. The van der Waals surface area contributed by atoms with Gasteiger partial charge in [0.15, 0.2) is 0 Å². The molecule has 2 aromatic rings. The Balaban J connectivity index is 1.57. The molecule has 1 heterocycles. The van der Waals surface area contributed by atoms with Crippen molar-refractivity contribution in [3.8, 4) is 6.07 Å². The Hall–Kier alpha value is -3.32. The molecule has 38 heavy (non-hydrogen) atoms. The number of carbonyl (C=O) groups is 1. The van der Waals surface area contributed by atoms with Crippen molar-refractivity contribution in [2.24, 2.45) is 0 Å². The van der Waals surface area contributed by atoms with Gasteiger partial charge in [0.1, 0.15) is 6.07 Å². The van der Waals surface area contributed by atoms with E-state index in [9.17, 15) is 10.1 Å². The van der Waals surface area contributed by atoms with E-state index in [1.165, 1.54) is 85.0 Å². The van der Waals surface area contributed by atoms with Crippen molar-refractivity contribution in [3.63, 3.8) is 0 Å². The number of ether oxygens (including phenoxy) is 1. The van der Waals surface area contributed by atoms with Crippen LogP contribution in [0.25, 0.3) is 5.57 Å². The van der Waals surface area contributed by atoms with Gasteiger partial charge in [-0.3, -0.25) is 4.79 Å². The lowest BCUT2D eigenvalue weighted by atomic mass is 9.86. The van der Waals surface area contributed by atoms with Crippen molar-refractivity contribution in [1.29, 1.82) is 5.26 Å². The van der Waals surface area contributed by atoms with Gasteiger partial charge in [-0.25, -0.2) is 0 Å². The van der Waals surface area contributed by atoms with Gasteiger partial charge in [0.05, 0.1) is 0 Å². The zero-order chi connectivity index (χ0) is 26.6. The molecule has 0 bridgehead atoms. The Kier molecular flexibility index (Phi) is 10.6. The summed E-state index contributed by atoms with van der Waals surface area (Å²) in [4.78, 5) is 13.4. The first-order chi connectivity index (χ1) is 18.7. The molecule has 0 saturated heterocycles. The third-order valence-corrected chi connectivity index (χ3v) is 8.00. The molecular formula is C34H42N2O2. The highest BCUT2D eigenvalue weighted by Gasteiger charge is 2.22. The van der Waals surface area contributed by atoms with Crippen LogP contribution in [0.3, 0.4) is 0 Å². The summed E-state index contributed by atoms with van der Waals surface area (Å²) in [5.74, 6) is 0.0659. The molecule has 1 aliphatic carbocycles. The molecule has 1 aliphatic heterocycles. The number of nitrogens with zero attached hydrogens (tertiary/aromatic N) is 2. The van der Waals surface area contributed by atoms with E-state index in [1.807, 2.05) is 6.07 Å². The minimum atomic E-state index is 0.0659. The number of unbranched alkanes of at least 4 members (excludes halogenated alkanes) is 7. The first kappa shape index (κ1) is 27.7. The summed E-state index contributed by atoms with van der Waals surface area (Å²) >= 11 is 0. The summed E-state index contributed by atoms with van der Waals surface area (Å²) in [7, 11) is 0. The topological polar surface area (TPSA) is 53.3 Å². The zero-order valence-electron chi connectivity index (χ0n) is 23.0. The monoisotopic (exact) mass is 510 g/mol. The Labute approximate surface area is 229 Å². The number of allylic oxidation sites excluding steroid dienone is 4. The summed E-state index contributed by atoms with van der Waals surface area (Å²) in [6.07, 6.45) is 18.5. The molecule has 4 nitrogen and oxygen atoms in total. The van der Waals surface area contributed by atoms with Crippen molar-refractivity contribution in [1.82, 2.24) is 0 Å². The fourth-order valence-corrected chi connectivity index (χ4v) is 5.99. The van der Waals surface area contributed by atoms with Crippen LogP contribution in [0.15, 0.2) is 59.9 Å². The number of hydrogen-bond acceptors (Lipinski definition) is 4. The van der Waals surface area contributed by atoms with Gasteiger partial charge >= 0.3 is 0 Å². The predicted molar refractivity (Wildman–Crippen MR) is 156 cm³/mol. The lowest BCUT2D eigenvalue weighted by Crippen LogP contribution is -2.19. The molecule has 0 unspecified atom stereocenters. The second-order valence-electron chi connectivity index (χ2n) is 10.6. The van der Waals surface area contributed by atoms with Gasteiger partial charge in [-0.2, -0.15) is 5.26 Å². The predicted octanol–water partition coefficient (Wildman–Crippen LogP) is 8.97. The van der Waals surface area contributed by atoms with E-state index in [0.717, 1.165) is 50.6 Å². The fraction of sp³-hybridized carbons (Fsp3) is 0.471. The standard InChI is InChI=1S/C34H42N2O2/c1-2-3-4-5-6-7-8-13-22-36-33-17-12-10-14-27(33)18-19-30-23-29(20-21-34(30)36)32-16-11-9-15-28(32)24-31(25-35)38-26-37/h10,12,14,17,20-21,23-24,26H,2-9,11,13,15-16,18-19,22H2,1H3/b31-24+. The Morgan fingerprint density at radius 3 is 2.39 bits per heavy atom. The van der Waals surface area contributed by atoms with Crippen molar-refractivity contribution in [2.75, 3.05) is 11.4 Å². The van der Waals surface area contributed by atoms with Crippen LogP contribution in [0.5, 0.6) is 0 Å². The Bertz CT molecular complexity index is 1190. The van der Waals surface area contributed by atoms with Crippen LogP contribution in [0.1, 0.15) is 101 Å². The maximum absolute atomic E-state index is 10.8. The minimum absolute atomic E-state index is 0.0659. The molecule has 0 atom stereocenters. The van der Waals surface area contributed by atoms with Gasteiger partial charge < -0.3 is 9.64 Å². The highest BCUT2D eigenvalue weighted by atomic mass is 16.5. The third-order valence-electron chi connectivity index (χ3n) is 8.00. The molecule has 0 radical (unpaired) electrons. The lowest BCUT2D eigenvalue weighted by Gasteiger charge is -2.28. The smallest absolute Gasteiger partial charge is 0.299 e. The fourth-order valence-electron chi connectivity index (χ4n) is 5.99. The summed E-state index contributed by atoms with van der Waals surface area (Å²) < 4.78 is 4.89. The number of carbonyl (C=O) groups excluding carboxylic acids is 1. The molecule has 0 saturated carbocycles. The molecule has 4 heteroatoms. The second kappa shape index (κ2) is 14.6. The lowest BCUT2D eigenvalue weighted by molar-refractivity contribution is -0.124. The van der Waals surface area contributed by atoms with Crippen molar-refractivity contribution in [3.05, 3.63) is 76.6 Å². The van der Waals surface area contributed by atoms with Crippen LogP contribution >= 0.6 is 0 Å². The molecular weight excluding hydrogens is 468 g/mol. The van der Waals surface area contributed by atoms with Crippen LogP contribution in [0.2, 0.25) is 0 Å². The van der Waals surface area contributed by atoms with Gasteiger partial charge in [0.2, 0.25) is 5.76 Å². The molecule has 0 N–H and O–H groups in total. The number of aryl methyl sites for hydroxylation is 2. The van der Waals surface area contributed by atoms with Gasteiger partial charge in [-0.15, -0.1) is 0 Å². The van der Waals surface area contributed by atoms with Crippen molar-refractivity contribution >= 4 is 23.4 Å². The van der Waals surface area contributed by atoms with E-state index in [0.29, 0.717) is 6.47 Å². The maximum atomic E-state index is 10.8. The molecule has 200 valence electrons. The number of hydrogen-bond donors (Lipinski definition) is 0. The van der Waals surface area contributed by atoms with Crippen LogP contribution in [-0.4, -0.2) is 13.0 Å². The summed E-state index contributed by atoms with van der Waals surface area (Å²) in [6, 6.07) is 17.8. The second-order valence-corrected chi connectivity index (χ2v) is 10.6.